The average molecular weight is 290 g/mol. The topological polar surface area (TPSA) is 34.1 Å². The number of rotatable bonds is 6. The summed E-state index contributed by atoms with van der Waals surface area (Å²) in [5.41, 5.74) is 2.42. The number of aryl methyl sites for hydroxylation is 1. The van der Waals surface area contributed by atoms with Crippen molar-refractivity contribution in [2.75, 3.05) is 14.2 Å². The molecule has 1 aromatic heterocycles. The highest BCUT2D eigenvalue weighted by atomic mass is 16.5. The van der Waals surface area contributed by atoms with Gasteiger partial charge in [0, 0.05) is 31.5 Å². The van der Waals surface area contributed by atoms with E-state index in [2.05, 4.69) is 36.3 Å². The minimum atomic E-state index is -0.0353. The molecule has 1 saturated carbocycles. The van der Waals surface area contributed by atoms with Crippen LogP contribution in [0, 0.1) is 5.92 Å². The van der Waals surface area contributed by atoms with Gasteiger partial charge in [-0.3, -0.25) is 4.98 Å². The molecule has 0 radical (unpaired) electrons. The molecule has 1 aliphatic rings. The van der Waals surface area contributed by atoms with E-state index in [1.807, 2.05) is 20.4 Å². The lowest BCUT2D eigenvalue weighted by Crippen LogP contribution is -2.54. The van der Waals surface area contributed by atoms with Crippen LogP contribution in [0.3, 0.4) is 0 Å². The molecule has 0 aromatic carbocycles. The van der Waals surface area contributed by atoms with E-state index in [0.717, 1.165) is 37.3 Å². The molecule has 0 saturated heterocycles. The van der Waals surface area contributed by atoms with Crippen LogP contribution in [0.15, 0.2) is 18.3 Å². The Kier molecular flexibility index (Phi) is 5.77. The molecule has 3 heteroatoms. The maximum absolute atomic E-state index is 6.01. The fourth-order valence-corrected chi connectivity index (χ4v) is 3.49. The Hall–Kier alpha value is -0.930. The summed E-state index contributed by atoms with van der Waals surface area (Å²) < 4.78 is 6.01. The molecule has 118 valence electrons. The Morgan fingerprint density at radius 2 is 2.10 bits per heavy atom. The summed E-state index contributed by atoms with van der Waals surface area (Å²) in [4.78, 5) is 4.62. The van der Waals surface area contributed by atoms with Crippen LogP contribution in [-0.4, -0.2) is 30.8 Å². The number of likely N-dealkylation sites (N-methyl/N-ethyl adjacent to an activating group) is 1. The fraction of sp³-hybridized carbons (Fsp3) is 0.722. The molecular formula is C18H30N2O. The van der Waals surface area contributed by atoms with E-state index in [1.165, 1.54) is 18.4 Å². The number of methoxy groups -OCH3 is 1. The molecule has 0 bridgehead atoms. The van der Waals surface area contributed by atoms with Gasteiger partial charge in [0.25, 0.3) is 0 Å². The van der Waals surface area contributed by atoms with Crippen molar-refractivity contribution < 1.29 is 4.74 Å². The number of aromatic nitrogens is 1. The molecule has 21 heavy (non-hydrogen) atoms. The molecule has 2 rings (SSSR count). The molecule has 1 aromatic rings. The van der Waals surface area contributed by atoms with E-state index in [1.54, 1.807) is 0 Å². The quantitative estimate of drug-likeness (QED) is 0.872. The molecule has 1 aliphatic carbocycles. The molecule has 1 heterocycles. The fourth-order valence-electron chi connectivity index (χ4n) is 3.49. The number of hydrogen-bond acceptors (Lipinski definition) is 3. The van der Waals surface area contributed by atoms with Gasteiger partial charge in [-0.25, -0.2) is 0 Å². The number of nitrogens with one attached hydrogen (secondary N) is 1. The van der Waals surface area contributed by atoms with Crippen molar-refractivity contribution in [2.45, 2.75) is 64.0 Å². The van der Waals surface area contributed by atoms with E-state index < -0.39 is 0 Å². The molecule has 1 unspecified atom stereocenters. The first kappa shape index (κ1) is 16.4. The molecule has 0 aliphatic heterocycles. The van der Waals surface area contributed by atoms with Crippen molar-refractivity contribution in [1.82, 2.24) is 10.3 Å². The highest BCUT2D eigenvalue weighted by Gasteiger charge is 2.40. The summed E-state index contributed by atoms with van der Waals surface area (Å²) in [5, 5.41) is 3.49. The second-order valence-corrected chi connectivity index (χ2v) is 6.51. The van der Waals surface area contributed by atoms with Gasteiger partial charge in [-0.15, -0.1) is 0 Å². The number of hydrogen-bond donors (Lipinski definition) is 1. The maximum Gasteiger partial charge on any atom is 0.0834 e. The van der Waals surface area contributed by atoms with Crippen LogP contribution in [0.4, 0.5) is 0 Å². The van der Waals surface area contributed by atoms with Crippen LogP contribution in [0.2, 0.25) is 0 Å². The Bertz CT molecular complexity index is 421. The third-order valence-corrected chi connectivity index (χ3v) is 5.22. The zero-order chi connectivity index (χ0) is 15.3. The van der Waals surface area contributed by atoms with E-state index in [4.69, 9.17) is 4.74 Å². The summed E-state index contributed by atoms with van der Waals surface area (Å²) in [6.07, 6.45) is 8.78. The number of pyridine rings is 1. The zero-order valence-electron chi connectivity index (χ0n) is 14.0. The Morgan fingerprint density at radius 1 is 1.38 bits per heavy atom. The van der Waals surface area contributed by atoms with Gasteiger partial charge >= 0.3 is 0 Å². The predicted molar refractivity (Wildman–Crippen MR) is 87.5 cm³/mol. The van der Waals surface area contributed by atoms with E-state index >= 15 is 0 Å². The molecular weight excluding hydrogens is 260 g/mol. The normalized spacial score (nSPS) is 27.5. The van der Waals surface area contributed by atoms with Crippen molar-refractivity contribution in [3.8, 4) is 0 Å². The summed E-state index contributed by atoms with van der Waals surface area (Å²) in [5.74, 6) is 0.827. The van der Waals surface area contributed by atoms with Crippen molar-refractivity contribution >= 4 is 0 Å². The van der Waals surface area contributed by atoms with E-state index in [0.29, 0.717) is 6.04 Å². The second kappa shape index (κ2) is 7.37. The van der Waals surface area contributed by atoms with Gasteiger partial charge in [-0.05, 0) is 56.7 Å². The summed E-state index contributed by atoms with van der Waals surface area (Å²) in [6, 6.07) is 4.69. The van der Waals surface area contributed by atoms with Gasteiger partial charge < -0.3 is 10.1 Å². The minimum absolute atomic E-state index is 0.0353. The lowest BCUT2D eigenvalue weighted by atomic mass is 9.74. The highest BCUT2D eigenvalue weighted by molar-refractivity contribution is 5.16. The van der Waals surface area contributed by atoms with Gasteiger partial charge in [0.05, 0.1) is 5.60 Å². The Morgan fingerprint density at radius 3 is 2.57 bits per heavy atom. The van der Waals surface area contributed by atoms with Crippen LogP contribution in [0.1, 0.15) is 50.8 Å². The molecule has 0 spiro atoms. The standard InChI is InChI=1S/C18H30N2O/c1-5-15-6-7-16(20-13-15)12-17(19-3)18(21-4)10-8-14(2)9-11-18/h6-7,13-14,17,19H,5,8-12H2,1-4H3. The Labute approximate surface area is 129 Å². The highest BCUT2D eigenvalue weighted by Crippen LogP contribution is 2.37. The van der Waals surface area contributed by atoms with Gasteiger partial charge in [0.15, 0.2) is 0 Å². The molecule has 1 atom stereocenters. The smallest absolute Gasteiger partial charge is 0.0834 e. The van der Waals surface area contributed by atoms with Crippen LogP contribution in [0.25, 0.3) is 0 Å². The number of ether oxygens (including phenoxy) is 1. The van der Waals surface area contributed by atoms with Crippen molar-refractivity contribution in [3.05, 3.63) is 29.6 Å². The van der Waals surface area contributed by atoms with Crippen LogP contribution < -0.4 is 5.32 Å². The zero-order valence-corrected chi connectivity index (χ0v) is 14.0. The third kappa shape index (κ3) is 3.83. The third-order valence-electron chi connectivity index (χ3n) is 5.22. The minimum Gasteiger partial charge on any atom is -0.377 e. The second-order valence-electron chi connectivity index (χ2n) is 6.51. The summed E-state index contributed by atoms with van der Waals surface area (Å²) in [7, 11) is 3.91. The summed E-state index contributed by atoms with van der Waals surface area (Å²) >= 11 is 0. The molecule has 0 amide bonds. The lowest BCUT2D eigenvalue weighted by molar-refractivity contribution is -0.0732. The van der Waals surface area contributed by atoms with Gasteiger partial charge in [0.1, 0.15) is 0 Å². The SMILES string of the molecule is CCc1ccc(CC(NC)C2(OC)CCC(C)CC2)nc1. The van der Waals surface area contributed by atoms with Crippen molar-refractivity contribution in [3.63, 3.8) is 0 Å². The van der Waals surface area contributed by atoms with Crippen LogP contribution in [0.5, 0.6) is 0 Å². The monoisotopic (exact) mass is 290 g/mol. The predicted octanol–water partition coefficient (Wildman–Crippen LogP) is 3.37. The lowest BCUT2D eigenvalue weighted by Gasteiger charge is -2.44. The maximum atomic E-state index is 6.01. The first-order valence-corrected chi connectivity index (χ1v) is 8.29. The first-order valence-electron chi connectivity index (χ1n) is 8.29. The summed E-state index contributed by atoms with van der Waals surface area (Å²) in [6.45, 7) is 4.51. The first-order chi connectivity index (χ1) is 10.1. The van der Waals surface area contributed by atoms with E-state index in [-0.39, 0.29) is 5.60 Å². The van der Waals surface area contributed by atoms with Crippen LogP contribution in [-0.2, 0) is 17.6 Å². The van der Waals surface area contributed by atoms with Gasteiger partial charge in [-0.2, -0.15) is 0 Å². The van der Waals surface area contributed by atoms with Crippen molar-refractivity contribution in [2.24, 2.45) is 5.92 Å². The Balaban J connectivity index is 2.09. The average Bonchev–Trinajstić information content (AvgIpc) is 2.54. The van der Waals surface area contributed by atoms with Crippen LogP contribution >= 0.6 is 0 Å². The number of nitrogens with zero attached hydrogens (tertiary/aromatic N) is 1. The van der Waals surface area contributed by atoms with E-state index in [9.17, 15) is 0 Å². The van der Waals surface area contributed by atoms with Crippen molar-refractivity contribution in [1.29, 1.82) is 0 Å². The largest absolute Gasteiger partial charge is 0.377 e. The molecule has 1 N–H and O–H groups in total. The molecule has 3 nitrogen and oxygen atoms in total. The molecule has 1 fully saturated rings. The van der Waals surface area contributed by atoms with Gasteiger partial charge in [0.2, 0.25) is 0 Å². The van der Waals surface area contributed by atoms with Gasteiger partial charge in [-0.1, -0.05) is 19.9 Å².